The number of rotatable bonds is 5. The van der Waals surface area contributed by atoms with E-state index in [1.54, 1.807) is 16.7 Å². The molecule has 1 aromatic heterocycles. The zero-order valence-electron chi connectivity index (χ0n) is 12.2. The smallest absolute Gasteiger partial charge is 0.233 e. The summed E-state index contributed by atoms with van der Waals surface area (Å²) in [5, 5.41) is 11.9. The third kappa shape index (κ3) is 4.57. The highest BCUT2D eigenvalue weighted by molar-refractivity contribution is 8.01. The average molecular weight is 329 g/mol. The zero-order chi connectivity index (χ0) is 15.2. The first-order chi connectivity index (χ1) is 10.1. The van der Waals surface area contributed by atoms with E-state index in [2.05, 4.69) is 15.5 Å². The molecule has 0 atom stereocenters. The van der Waals surface area contributed by atoms with Gasteiger partial charge in [-0.15, -0.1) is 10.2 Å². The van der Waals surface area contributed by atoms with Crippen LogP contribution in [0.2, 0.25) is 0 Å². The first kappa shape index (κ1) is 16.0. The predicted molar refractivity (Wildman–Crippen MR) is 83.6 cm³/mol. The molecule has 21 heavy (non-hydrogen) atoms. The molecule has 0 saturated carbocycles. The van der Waals surface area contributed by atoms with Crippen molar-refractivity contribution in [2.24, 2.45) is 0 Å². The van der Waals surface area contributed by atoms with Gasteiger partial charge in [-0.2, -0.15) is 0 Å². The molecule has 1 N–H and O–H groups in total. The zero-order valence-corrected chi connectivity index (χ0v) is 13.8. The molecule has 2 rings (SSSR count). The summed E-state index contributed by atoms with van der Waals surface area (Å²) in [6.07, 6.45) is 0. The number of nitrogens with one attached hydrogen (secondary N) is 1. The minimum Gasteiger partial charge on any atom is -0.360 e. The van der Waals surface area contributed by atoms with Crippen LogP contribution in [0.3, 0.4) is 0 Å². The van der Waals surface area contributed by atoms with E-state index in [0.29, 0.717) is 31.9 Å². The number of thioether (sulfide) groups is 1. The molecule has 9 heteroatoms. The van der Waals surface area contributed by atoms with Gasteiger partial charge in [-0.05, 0) is 6.92 Å². The van der Waals surface area contributed by atoms with Crippen LogP contribution >= 0.6 is 23.1 Å². The number of aromatic nitrogens is 2. The van der Waals surface area contributed by atoms with Crippen molar-refractivity contribution >= 4 is 40.0 Å². The Hall–Kier alpha value is -1.35. The largest absolute Gasteiger partial charge is 0.360 e. The third-order valence-corrected chi connectivity index (χ3v) is 5.13. The summed E-state index contributed by atoms with van der Waals surface area (Å²) in [5.41, 5.74) is 0. The number of piperazine rings is 1. The Balaban J connectivity index is 1.75. The first-order valence-corrected chi connectivity index (χ1v) is 8.63. The van der Waals surface area contributed by atoms with Gasteiger partial charge in [0, 0.05) is 39.6 Å². The Morgan fingerprint density at radius 3 is 2.52 bits per heavy atom. The van der Waals surface area contributed by atoms with Gasteiger partial charge in [-0.1, -0.05) is 23.1 Å². The molecule has 2 amide bonds. The molecule has 0 bridgehead atoms. The summed E-state index contributed by atoms with van der Waals surface area (Å²) >= 11 is 2.87. The first-order valence-electron chi connectivity index (χ1n) is 6.83. The summed E-state index contributed by atoms with van der Waals surface area (Å²) in [5.74, 6) is 0.519. The van der Waals surface area contributed by atoms with E-state index in [-0.39, 0.29) is 11.8 Å². The molecule has 1 aliphatic heterocycles. The molecular weight excluding hydrogens is 310 g/mol. The van der Waals surface area contributed by atoms with Gasteiger partial charge in [0.25, 0.3) is 0 Å². The SMILES string of the molecule is CCNc1nnc(SCC(=O)N2CCN(C(C)=O)CC2)s1. The van der Waals surface area contributed by atoms with Gasteiger partial charge >= 0.3 is 0 Å². The van der Waals surface area contributed by atoms with Crippen molar-refractivity contribution in [3.63, 3.8) is 0 Å². The van der Waals surface area contributed by atoms with E-state index in [0.717, 1.165) is 16.0 Å². The summed E-state index contributed by atoms with van der Waals surface area (Å²) in [4.78, 5) is 26.9. The van der Waals surface area contributed by atoms with Gasteiger partial charge in [0.1, 0.15) is 0 Å². The summed E-state index contributed by atoms with van der Waals surface area (Å²) < 4.78 is 0.793. The van der Waals surface area contributed by atoms with Gasteiger partial charge in [-0.3, -0.25) is 9.59 Å². The fourth-order valence-corrected chi connectivity index (χ4v) is 3.70. The van der Waals surface area contributed by atoms with Gasteiger partial charge in [-0.25, -0.2) is 0 Å². The Labute approximate surface area is 132 Å². The quantitative estimate of drug-likeness (QED) is 0.803. The molecule has 116 valence electrons. The van der Waals surface area contributed by atoms with Gasteiger partial charge < -0.3 is 15.1 Å². The Morgan fingerprint density at radius 1 is 1.24 bits per heavy atom. The van der Waals surface area contributed by atoms with Crippen LogP contribution in [0.1, 0.15) is 13.8 Å². The third-order valence-electron chi connectivity index (χ3n) is 3.13. The molecule has 1 aliphatic rings. The highest BCUT2D eigenvalue weighted by atomic mass is 32.2. The molecular formula is C12H19N5O2S2. The predicted octanol–water partition coefficient (Wildman–Crippen LogP) is 0.753. The normalized spacial score (nSPS) is 15.1. The molecule has 7 nitrogen and oxygen atoms in total. The summed E-state index contributed by atoms with van der Waals surface area (Å²) in [7, 11) is 0. The maximum absolute atomic E-state index is 12.1. The van der Waals surface area contributed by atoms with E-state index < -0.39 is 0 Å². The van der Waals surface area contributed by atoms with Gasteiger partial charge in [0.2, 0.25) is 16.9 Å². The molecule has 1 saturated heterocycles. The molecule has 1 aromatic rings. The number of hydrogen-bond donors (Lipinski definition) is 1. The van der Waals surface area contributed by atoms with Crippen molar-refractivity contribution in [2.75, 3.05) is 43.8 Å². The number of amides is 2. The van der Waals surface area contributed by atoms with Crippen molar-refractivity contribution in [2.45, 2.75) is 18.2 Å². The Kier molecular flexibility index (Phi) is 5.80. The van der Waals surface area contributed by atoms with Crippen LogP contribution in [0.25, 0.3) is 0 Å². The molecule has 0 radical (unpaired) electrons. The van der Waals surface area contributed by atoms with Crippen LogP contribution in [0.5, 0.6) is 0 Å². The van der Waals surface area contributed by atoms with Crippen LogP contribution in [-0.4, -0.2) is 70.3 Å². The fraction of sp³-hybridized carbons (Fsp3) is 0.667. The monoisotopic (exact) mass is 329 g/mol. The molecule has 0 unspecified atom stereocenters. The average Bonchev–Trinajstić information content (AvgIpc) is 2.93. The van der Waals surface area contributed by atoms with Crippen molar-refractivity contribution in [1.29, 1.82) is 0 Å². The van der Waals surface area contributed by atoms with E-state index in [1.807, 2.05) is 6.92 Å². The summed E-state index contributed by atoms with van der Waals surface area (Å²) in [6.45, 7) is 6.82. The maximum Gasteiger partial charge on any atom is 0.233 e. The number of anilines is 1. The Morgan fingerprint density at radius 2 is 1.90 bits per heavy atom. The van der Waals surface area contributed by atoms with E-state index in [9.17, 15) is 9.59 Å². The minimum atomic E-state index is 0.0706. The topological polar surface area (TPSA) is 78.4 Å². The van der Waals surface area contributed by atoms with Crippen LogP contribution < -0.4 is 5.32 Å². The highest BCUT2D eigenvalue weighted by Gasteiger charge is 2.22. The second kappa shape index (κ2) is 7.60. The van der Waals surface area contributed by atoms with Gasteiger partial charge in [0.05, 0.1) is 5.75 Å². The number of hydrogen-bond acceptors (Lipinski definition) is 7. The van der Waals surface area contributed by atoms with E-state index in [1.165, 1.54) is 23.1 Å². The molecule has 1 fully saturated rings. The maximum atomic E-state index is 12.1. The van der Waals surface area contributed by atoms with Crippen molar-refractivity contribution in [3.05, 3.63) is 0 Å². The fourth-order valence-electron chi connectivity index (χ4n) is 1.98. The van der Waals surface area contributed by atoms with Crippen molar-refractivity contribution < 1.29 is 9.59 Å². The number of carbonyl (C=O) groups is 2. The molecule has 0 aliphatic carbocycles. The summed E-state index contributed by atoms with van der Waals surface area (Å²) in [6, 6.07) is 0. The number of nitrogens with zero attached hydrogens (tertiary/aromatic N) is 4. The van der Waals surface area contributed by atoms with Crippen LogP contribution in [0, 0.1) is 0 Å². The lowest BCUT2D eigenvalue weighted by molar-refractivity contribution is -0.136. The van der Waals surface area contributed by atoms with E-state index in [4.69, 9.17) is 0 Å². The molecule has 2 heterocycles. The Bertz CT molecular complexity index is 500. The second-order valence-corrected chi connectivity index (χ2v) is 6.78. The van der Waals surface area contributed by atoms with Gasteiger partial charge in [0.15, 0.2) is 4.34 Å². The molecule has 0 spiro atoms. The highest BCUT2D eigenvalue weighted by Crippen LogP contribution is 2.25. The lowest BCUT2D eigenvalue weighted by Crippen LogP contribution is -2.50. The van der Waals surface area contributed by atoms with Crippen molar-refractivity contribution in [3.8, 4) is 0 Å². The van der Waals surface area contributed by atoms with Crippen LogP contribution in [-0.2, 0) is 9.59 Å². The number of carbonyl (C=O) groups excluding carboxylic acids is 2. The van der Waals surface area contributed by atoms with E-state index >= 15 is 0 Å². The lowest BCUT2D eigenvalue weighted by atomic mass is 10.3. The van der Waals surface area contributed by atoms with Crippen molar-refractivity contribution in [1.82, 2.24) is 20.0 Å². The van der Waals surface area contributed by atoms with Crippen LogP contribution in [0.15, 0.2) is 4.34 Å². The minimum absolute atomic E-state index is 0.0706. The second-order valence-electron chi connectivity index (χ2n) is 4.58. The molecule has 0 aromatic carbocycles. The lowest BCUT2D eigenvalue weighted by Gasteiger charge is -2.34. The van der Waals surface area contributed by atoms with Crippen LogP contribution in [0.4, 0.5) is 5.13 Å². The standard InChI is InChI=1S/C12H19N5O2S2/c1-3-13-11-14-15-12(21-11)20-8-10(19)17-6-4-16(5-7-17)9(2)18/h3-8H2,1-2H3,(H,13,14).